The molecule has 1 aromatic rings. The SMILES string of the molecule is Fc1cccnc1N1CC2(CNC2)C1. The molecule has 74 valence electrons. The van der Waals surface area contributed by atoms with E-state index in [2.05, 4.69) is 10.3 Å². The van der Waals surface area contributed by atoms with Crippen LogP contribution in [0.25, 0.3) is 0 Å². The third-order valence-electron chi connectivity index (χ3n) is 3.09. The first-order valence-corrected chi connectivity index (χ1v) is 4.85. The summed E-state index contributed by atoms with van der Waals surface area (Å²) in [5.41, 5.74) is 0.421. The fraction of sp³-hybridized carbons (Fsp3) is 0.500. The molecule has 1 N–H and O–H groups in total. The summed E-state index contributed by atoms with van der Waals surface area (Å²) in [5, 5.41) is 3.25. The van der Waals surface area contributed by atoms with E-state index in [1.54, 1.807) is 12.3 Å². The van der Waals surface area contributed by atoms with Gasteiger partial charge < -0.3 is 10.2 Å². The van der Waals surface area contributed by atoms with Crippen molar-refractivity contribution in [1.82, 2.24) is 10.3 Å². The minimum Gasteiger partial charge on any atom is -0.353 e. The summed E-state index contributed by atoms with van der Waals surface area (Å²) >= 11 is 0. The van der Waals surface area contributed by atoms with Gasteiger partial charge in [-0.25, -0.2) is 9.37 Å². The van der Waals surface area contributed by atoms with Gasteiger partial charge in [0.25, 0.3) is 0 Å². The first kappa shape index (κ1) is 8.17. The molecule has 0 aromatic carbocycles. The Labute approximate surface area is 81.9 Å². The molecule has 3 nitrogen and oxygen atoms in total. The summed E-state index contributed by atoms with van der Waals surface area (Å²) < 4.78 is 13.3. The van der Waals surface area contributed by atoms with E-state index >= 15 is 0 Å². The normalized spacial score (nSPS) is 23.1. The molecule has 0 aliphatic carbocycles. The molecule has 4 heteroatoms. The maximum atomic E-state index is 13.3. The van der Waals surface area contributed by atoms with Crippen LogP contribution in [-0.4, -0.2) is 31.2 Å². The van der Waals surface area contributed by atoms with E-state index in [9.17, 15) is 4.39 Å². The average Bonchev–Trinajstić information content (AvgIpc) is 2.03. The lowest BCUT2D eigenvalue weighted by atomic mass is 9.74. The van der Waals surface area contributed by atoms with Crippen LogP contribution >= 0.6 is 0 Å². The summed E-state index contributed by atoms with van der Waals surface area (Å²) in [6, 6.07) is 3.09. The Morgan fingerprint density at radius 1 is 1.43 bits per heavy atom. The zero-order valence-corrected chi connectivity index (χ0v) is 7.83. The molecule has 2 aliphatic heterocycles. The highest BCUT2D eigenvalue weighted by atomic mass is 19.1. The molecule has 2 aliphatic rings. The number of nitrogens with zero attached hydrogens (tertiary/aromatic N) is 2. The fourth-order valence-corrected chi connectivity index (χ4v) is 2.23. The number of nitrogens with one attached hydrogen (secondary N) is 1. The van der Waals surface area contributed by atoms with Crippen molar-refractivity contribution in [2.45, 2.75) is 0 Å². The maximum Gasteiger partial charge on any atom is 0.165 e. The minimum absolute atomic E-state index is 0.213. The Kier molecular flexibility index (Phi) is 1.56. The molecule has 0 amide bonds. The fourth-order valence-electron chi connectivity index (χ4n) is 2.23. The molecule has 0 saturated carbocycles. The molecule has 3 rings (SSSR count). The van der Waals surface area contributed by atoms with Crippen LogP contribution in [0.2, 0.25) is 0 Å². The lowest BCUT2D eigenvalue weighted by Crippen LogP contribution is -2.71. The van der Waals surface area contributed by atoms with Gasteiger partial charge in [0.1, 0.15) is 0 Å². The van der Waals surface area contributed by atoms with Crippen molar-refractivity contribution in [3.63, 3.8) is 0 Å². The molecule has 3 heterocycles. The smallest absolute Gasteiger partial charge is 0.165 e. The molecular weight excluding hydrogens is 181 g/mol. The number of halogens is 1. The number of pyridine rings is 1. The molecule has 2 fully saturated rings. The van der Waals surface area contributed by atoms with Gasteiger partial charge in [0.15, 0.2) is 11.6 Å². The number of aromatic nitrogens is 1. The molecule has 2 saturated heterocycles. The van der Waals surface area contributed by atoms with Crippen molar-refractivity contribution < 1.29 is 4.39 Å². The van der Waals surface area contributed by atoms with Gasteiger partial charge in [-0.1, -0.05) is 0 Å². The van der Waals surface area contributed by atoms with Crippen LogP contribution in [0.15, 0.2) is 18.3 Å². The number of hydrogen-bond acceptors (Lipinski definition) is 3. The van der Waals surface area contributed by atoms with Crippen molar-refractivity contribution in [1.29, 1.82) is 0 Å². The predicted molar refractivity (Wildman–Crippen MR) is 51.7 cm³/mol. The molecule has 1 spiro atoms. The quantitative estimate of drug-likeness (QED) is 0.709. The standard InChI is InChI=1S/C10H12FN3/c11-8-2-1-3-13-9(8)14-6-10(7-14)4-12-5-10/h1-3,12H,4-7H2. The Bertz CT molecular complexity index is 354. The average molecular weight is 193 g/mol. The molecule has 0 atom stereocenters. The van der Waals surface area contributed by atoms with Gasteiger partial charge in [0, 0.05) is 37.8 Å². The topological polar surface area (TPSA) is 28.2 Å². The molecule has 0 unspecified atom stereocenters. The van der Waals surface area contributed by atoms with Gasteiger partial charge in [0.05, 0.1) is 0 Å². The Morgan fingerprint density at radius 3 is 2.79 bits per heavy atom. The highest BCUT2D eigenvalue weighted by Gasteiger charge is 2.48. The zero-order valence-electron chi connectivity index (χ0n) is 7.83. The summed E-state index contributed by atoms with van der Waals surface area (Å²) in [7, 11) is 0. The van der Waals surface area contributed by atoms with E-state index in [1.165, 1.54) is 6.07 Å². The first-order valence-electron chi connectivity index (χ1n) is 4.85. The Morgan fingerprint density at radius 2 is 2.21 bits per heavy atom. The van der Waals surface area contributed by atoms with Gasteiger partial charge in [-0.05, 0) is 12.1 Å². The second-order valence-corrected chi connectivity index (χ2v) is 4.27. The second-order valence-electron chi connectivity index (χ2n) is 4.27. The largest absolute Gasteiger partial charge is 0.353 e. The Hall–Kier alpha value is -1.16. The van der Waals surface area contributed by atoms with Gasteiger partial charge in [-0.3, -0.25) is 0 Å². The number of hydrogen-bond donors (Lipinski definition) is 1. The van der Waals surface area contributed by atoms with Crippen LogP contribution in [0.1, 0.15) is 0 Å². The van der Waals surface area contributed by atoms with E-state index < -0.39 is 0 Å². The van der Waals surface area contributed by atoms with Crippen molar-refractivity contribution in [3.05, 3.63) is 24.1 Å². The monoisotopic (exact) mass is 193 g/mol. The van der Waals surface area contributed by atoms with Gasteiger partial charge in [-0.2, -0.15) is 0 Å². The predicted octanol–water partition coefficient (Wildman–Crippen LogP) is 0.630. The van der Waals surface area contributed by atoms with Crippen molar-refractivity contribution in [3.8, 4) is 0 Å². The lowest BCUT2D eigenvalue weighted by Gasteiger charge is -2.56. The van der Waals surface area contributed by atoms with Crippen LogP contribution in [0.4, 0.5) is 10.2 Å². The summed E-state index contributed by atoms with van der Waals surface area (Å²) in [5.74, 6) is 0.291. The van der Waals surface area contributed by atoms with Crippen LogP contribution in [0.5, 0.6) is 0 Å². The summed E-state index contributed by atoms with van der Waals surface area (Å²) in [4.78, 5) is 6.06. The van der Waals surface area contributed by atoms with E-state index in [0.717, 1.165) is 26.2 Å². The highest BCUT2D eigenvalue weighted by molar-refractivity contribution is 5.45. The third-order valence-corrected chi connectivity index (χ3v) is 3.09. The first-order chi connectivity index (χ1) is 6.79. The third kappa shape index (κ3) is 1.04. The van der Waals surface area contributed by atoms with E-state index in [1.807, 2.05) is 4.90 Å². The minimum atomic E-state index is -0.213. The molecular formula is C10H12FN3. The highest BCUT2D eigenvalue weighted by Crippen LogP contribution is 2.37. The van der Waals surface area contributed by atoms with Crippen molar-refractivity contribution >= 4 is 5.82 Å². The van der Waals surface area contributed by atoms with Crippen LogP contribution in [-0.2, 0) is 0 Å². The van der Waals surface area contributed by atoms with Crippen LogP contribution < -0.4 is 10.2 Å². The molecule has 0 radical (unpaired) electrons. The van der Waals surface area contributed by atoms with Crippen molar-refractivity contribution in [2.75, 3.05) is 31.1 Å². The van der Waals surface area contributed by atoms with Gasteiger partial charge >= 0.3 is 0 Å². The van der Waals surface area contributed by atoms with Crippen LogP contribution in [0.3, 0.4) is 0 Å². The number of rotatable bonds is 1. The second kappa shape index (κ2) is 2.67. The lowest BCUT2D eigenvalue weighted by molar-refractivity contribution is 0.119. The summed E-state index contributed by atoms with van der Waals surface area (Å²) in [6.07, 6.45) is 1.64. The van der Waals surface area contributed by atoms with Gasteiger partial charge in [0.2, 0.25) is 0 Å². The van der Waals surface area contributed by atoms with Gasteiger partial charge in [-0.15, -0.1) is 0 Å². The van der Waals surface area contributed by atoms with E-state index in [4.69, 9.17) is 0 Å². The Balaban J connectivity index is 1.76. The molecule has 0 bridgehead atoms. The zero-order chi connectivity index (χ0) is 9.60. The van der Waals surface area contributed by atoms with E-state index in [-0.39, 0.29) is 5.82 Å². The van der Waals surface area contributed by atoms with Crippen molar-refractivity contribution in [2.24, 2.45) is 5.41 Å². The molecule has 1 aromatic heterocycles. The van der Waals surface area contributed by atoms with E-state index in [0.29, 0.717) is 11.2 Å². The van der Waals surface area contributed by atoms with Crippen LogP contribution in [0, 0.1) is 11.2 Å². The summed E-state index contributed by atoms with van der Waals surface area (Å²) in [6.45, 7) is 4.01. The maximum absolute atomic E-state index is 13.3. The molecule has 14 heavy (non-hydrogen) atoms. The number of anilines is 1.